The largest absolute Gasteiger partial charge is 0.468 e. The molecule has 0 radical (unpaired) electrons. The summed E-state index contributed by atoms with van der Waals surface area (Å²) in [5, 5.41) is 9.30. The Morgan fingerprint density at radius 2 is 2.18 bits per heavy atom. The maximum Gasteiger partial charge on any atom is 0.417 e. The normalized spacial score (nSPS) is 22.8. The molecule has 4 nitrogen and oxygen atoms in total. The average Bonchev–Trinajstić information content (AvgIpc) is 2.79. The van der Waals surface area contributed by atoms with Gasteiger partial charge in [-0.2, -0.15) is 13.2 Å². The highest BCUT2D eigenvalue weighted by Crippen LogP contribution is 2.35. The Morgan fingerprint density at radius 3 is 2.77 bits per heavy atom. The van der Waals surface area contributed by atoms with Gasteiger partial charge in [-0.25, -0.2) is 0 Å². The lowest BCUT2D eigenvalue weighted by atomic mass is 10.1. The number of ether oxygens (including phenoxy) is 1. The van der Waals surface area contributed by atoms with Crippen LogP contribution in [0, 0.1) is 0 Å². The highest BCUT2D eigenvalue weighted by Gasteiger charge is 2.37. The van der Waals surface area contributed by atoms with E-state index < -0.39 is 29.9 Å². The maximum atomic E-state index is 12.9. The number of carbonyl (C=O) groups excluding carboxylic acids is 1. The van der Waals surface area contributed by atoms with E-state index in [1.807, 2.05) is 0 Å². The first-order valence-corrected chi connectivity index (χ1v) is 6.95. The summed E-state index contributed by atoms with van der Waals surface area (Å²) in [6, 6.07) is 2.95. The first-order valence-electron chi connectivity index (χ1n) is 6.58. The Kier molecular flexibility index (Phi) is 4.99. The molecule has 0 aromatic heterocycles. The minimum Gasteiger partial charge on any atom is -0.468 e. The molecule has 2 atom stereocenters. The highest BCUT2D eigenvalue weighted by molar-refractivity contribution is 6.31. The molecular formula is C14H15ClF3NO3. The van der Waals surface area contributed by atoms with Crippen LogP contribution in [0.4, 0.5) is 13.2 Å². The number of rotatable bonds is 3. The number of alkyl halides is 3. The number of carbonyl (C=O) groups is 1. The summed E-state index contributed by atoms with van der Waals surface area (Å²) in [6.07, 6.45) is -5.05. The van der Waals surface area contributed by atoms with Gasteiger partial charge in [0.05, 0.1) is 23.8 Å². The number of hydrogen-bond acceptors (Lipinski definition) is 4. The fourth-order valence-electron chi connectivity index (χ4n) is 2.56. The summed E-state index contributed by atoms with van der Waals surface area (Å²) in [5.41, 5.74) is -0.555. The molecule has 1 aromatic carbocycles. The van der Waals surface area contributed by atoms with E-state index in [1.165, 1.54) is 19.2 Å². The number of methoxy groups -OCH3 is 1. The molecule has 22 heavy (non-hydrogen) atoms. The lowest BCUT2D eigenvalue weighted by Gasteiger charge is -2.22. The molecule has 1 aliphatic rings. The lowest BCUT2D eigenvalue weighted by Crippen LogP contribution is -2.36. The Bertz CT molecular complexity index is 565. The van der Waals surface area contributed by atoms with Crippen LogP contribution in [0.25, 0.3) is 0 Å². The summed E-state index contributed by atoms with van der Waals surface area (Å²) in [6.45, 7) is 0.292. The zero-order chi connectivity index (χ0) is 16.5. The van der Waals surface area contributed by atoms with Crippen molar-refractivity contribution < 1.29 is 27.8 Å². The van der Waals surface area contributed by atoms with Crippen LogP contribution in [-0.2, 0) is 22.3 Å². The average molecular weight is 338 g/mol. The van der Waals surface area contributed by atoms with E-state index in [1.54, 1.807) is 4.90 Å². The number of esters is 1. The molecule has 1 saturated heterocycles. The van der Waals surface area contributed by atoms with Crippen LogP contribution >= 0.6 is 11.6 Å². The van der Waals surface area contributed by atoms with Crippen LogP contribution in [0.1, 0.15) is 17.5 Å². The fourth-order valence-corrected chi connectivity index (χ4v) is 2.78. The molecule has 1 aromatic rings. The topological polar surface area (TPSA) is 49.8 Å². The van der Waals surface area contributed by atoms with E-state index in [0.29, 0.717) is 5.56 Å². The predicted octanol–water partition coefficient (Wildman–Crippen LogP) is 2.47. The summed E-state index contributed by atoms with van der Waals surface area (Å²) in [5.74, 6) is -0.512. The molecule has 0 aliphatic carbocycles. The monoisotopic (exact) mass is 337 g/mol. The van der Waals surface area contributed by atoms with Crippen molar-refractivity contribution in [3.05, 3.63) is 34.3 Å². The Labute approximate surface area is 130 Å². The fraction of sp³-hybridized carbons (Fsp3) is 0.500. The zero-order valence-electron chi connectivity index (χ0n) is 11.7. The van der Waals surface area contributed by atoms with Gasteiger partial charge in [0.2, 0.25) is 0 Å². The second kappa shape index (κ2) is 6.44. The molecular weight excluding hydrogens is 323 g/mol. The molecule has 0 unspecified atom stereocenters. The molecule has 2 rings (SSSR count). The number of hydrogen-bond donors (Lipinski definition) is 1. The number of halogens is 4. The van der Waals surface area contributed by atoms with Crippen LogP contribution in [-0.4, -0.2) is 41.8 Å². The van der Waals surface area contributed by atoms with Gasteiger partial charge in [0.1, 0.15) is 6.04 Å². The third-order valence-corrected chi connectivity index (χ3v) is 3.91. The van der Waals surface area contributed by atoms with Gasteiger partial charge in [0.15, 0.2) is 0 Å². The Hall–Kier alpha value is -1.31. The van der Waals surface area contributed by atoms with Crippen LogP contribution in [0.2, 0.25) is 5.02 Å². The van der Waals surface area contributed by atoms with Crippen LogP contribution < -0.4 is 0 Å². The van der Waals surface area contributed by atoms with Gasteiger partial charge in [0, 0.05) is 19.5 Å². The number of likely N-dealkylation sites (tertiary alicyclic amines) is 1. The van der Waals surface area contributed by atoms with Gasteiger partial charge in [-0.05, 0) is 17.7 Å². The SMILES string of the molecule is COC(=O)[C@@H]1C[C@H](O)CN1Cc1ccc(Cl)c(C(F)(F)F)c1. The first-order chi connectivity index (χ1) is 10.2. The van der Waals surface area contributed by atoms with Crippen molar-refractivity contribution in [1.29, 1.82) is 0 Å². The maximum absolute atomic E-state index is 12.9. The van der Waals surface area contributed by atoms with Crippen LogP contribution in [0.5, 0.6) is 0 Å². The third kappa shape index (κ3) is 3.71. The van der Waals surface area contributed by atoms with Crippen molar-refractivity contribution in [3.8, 4) is 0 Å². The summed E-state index contributed by atoms with van der Waals surface area (Å²) < 4.78 is 43.2. The standard InChI is InChI=1S/C14H15ClF3NO3/c1-22-13(21)12-5-9(20)7-19(12)6-8-2-3-11(15)10(4-8)14(16,17)18/h2-4,9,12,20H,5-7H2,1H3/t9-,12-/m0/s1. The molecule has 0 bridgehead atoms. The highest BCUT2D eigenvalue weighted by atomic mass is 35.5. The molecule has 1 heterocycles. The van der Waals surface area contributed by atoms with Crippen LogP contribution in [0.3, 0.4) is 0 Å². The minimum absolute atomic E-state index is 0.0943. The van der Waals surface area contributed by atoms with E-state index in [0.717, 1.165) is 6.07 Å². The number of benzene rings is 1. The smallest absolute Gasteiger partial charge is 0.417 e. The van der Waals surface area contributed by atoms with E-state index in [9.17, 15) is 23.1 Å². The van der Waals surface area contributed by atoms with Gasteiger partial charge in [-0.15, -0.1) is 0 Å². The van der Waals surface area contributed by atoms with Crippen molar-refractivity contribution in [1.82, 2.24) is 4.90 Å². The molecule has 0 spiro atoms. The van der Waals surface area contributed by atoms with Crippen LogP contribution in [0.15, 0.2) is 18.2 Å². The van der Waals surface area contributed by atoms with Crippen molar-refractivity contribution in [2.24, 2.45) is 0 Å². The Morgan fingerprint density at radius 1 is 1.50 bits per heavy atom. The van der Waals surface area contributed by atoms with Gasteiger partial charge >= 0.3 is 12.1 Å². The minimum atomic E-state index is -4.54. The third-order valence-electron chi connectivity index (χ3n) is 3.58. The molecule has 1 fully saturated rings. The summed E-state index contributed by atoms with van der Waals surface area (Å²) in [4.78, 5) is 13.3. The quantitative estimate of drug-likeness (QED) is 0.861. The van der Waals surface area contributed by atoms with Gasteiger partial charge < -0.3 is 9.84 Å². The van der Waals surface area contributed by atoms with Gasteiger partial charge in [-0.3, -0.25) is 9.69 Å². The summed E-state index contributed by atoms with van der Waals surface area (Å²) >= 11 is 5.57. The van der Waals surface area contributed by atoms with Gasteiger partial charge in [-0.1, -0.05) is 17.7 Å². The molecule has 1 N–H and O–H groups in total. The number of aliphatic hydroxyl groups is 1. The van der Waals surface area contributed by atoms with E-state index in [2.05, 4.69) is 4.74 Å². The number of nitrogens with zero attached hydrogens (tertiary/aromatic N) is 1. The first kappa shape index (κ1) is 17.1. The summed E-state index contributed by atoms with van der Waals surface area (Å²) in [7, 11) is 1.23. The van der Waals surface area contributed by atoms with Gasteiger partial charge in [0.25, 0.3) is 0 Å². The van der Waals surface area contributed by atoms with E-state index >= 15 is 0 Å². The molecule has 0 saturated carbocycles. The van der Waals surface area contributed by atoms with Crippen molar-refractivity contribution in [3.63, 3.8) is 0 Å². The number of aliphatic hydroxyl groups excluding tert-OH is 1. The lowest BCUT2D eigenvalue weighted by molar-refractivity contribution is -0.146. The number of β-amino-alcohol motifs (C(OH)–C–C–N with tert-alkyl or cyclic N) is 1. The van der Waals surface area contributed by atoms with Crippen molar-refractivity contribution in [2.45, 2.75) is 31.3 Å². The second-order valence-electron chi connectivity index (χ2n) is 5.17. The van der Waals surface area contributed by atoms with E-state index in [-0.39, 0.29) is 24.5 Å². The molecule has 8 heteroatoms. The molecule has 122 valence electrons. The van der Waals surface area contributed by atoms with E-state index in [4.69, 9.17) is 11.6 Å². The molecule has 0 amide bonds. The zero-order valence-corrected chi connectivity index (χ0v) is 12.5. The molecule has 1 aliphatic heterocycles. The van der Waals surface area contributed by atoms with Crippen molar-refractivity contribution in [2.75, 3.05) is 13.7 Å². The van der Waals surface area contributed by atoms with Crippen molar-refractivity contribution >= 4 is 17.6 Å². The second-order valence-corrected chi connectivity index (χ2v) is 5.58. The Balaban J connectivity index is 2.21. The predicted molar refractivity (Wildman–Crippen MR) is 73.3 cm³/mol.